The summed E-state index contributed by atoms with van der Waals surface area (Å²) in [5.41, 5.74) is 4.46. The van der Waals surface area contributed by atoms with Gasteiger partial charge in [-0.05, 0) is 55.3 Å². The Bertz CT molecular complexity index is 877. The third-order valence-electron chi connectivity index (χ3n) is 3.72. The molecule has 0 saturated carbocycles. The Morgan fingerprint density at radius 1 is 0.893 bits per heavy atom. The Labute approximate surface area is 162 Å². The van der Waals surface area contributed by atoms with Gasteiger partial charge in [-0.1, -0.05) is 19.1 Å². The maximum absolute atomic E-state index is 12.8. The molecule has 0 unspecified atom stereocenters. The number of hydrogen-bond donors (Lipinski definition) is 3. The van der Waals surface area contributed by atoms with E-state index in [0.717, 1.165) is 12.0 Å². The van der Waals surface area contributed by atoms with Crippen LogP contribution in [0.5, 0.6) is 0 Å². The third-order valence-corrected chi connectivity index (χ3v) is 3.72. The van der Waals surface area contributed by atoms with Crippen LogP contribution in [-0.2, 0) is 20.8 Å². The summed E-state index contributed by atoms with van der Waals surface area (Å²) in [6.45, 7) is 3.55. The zero-order chi connectivity index (χ0) is 20.5. The number of hydrazone groups is 1. The molecule has 2 aromatic rings. The predicted molar refractivity (Wildman–Crippen MR) is 105 cm³/mol. The molecule has 8 heteroatoms. The van der Waals surface area contributed by atoms with Gasteiger partial charge >= 0.3 is 11.8 Å². The molecule has 3 amide bonds. The van der Waals surface area contributed by atoms with Crippen LogP contribution in [0.1, 0.15) is 25.8 Å². The van der Waals surface area contributed by atoms with Crippen LogP contribution in [0.3, 0.4) is 0 Å². The smallest absolute Gasteiger partial charge is 0.326 e. The van der Waals surface area contributed by atoms with Crippen molar-refractivity contribution in [3.8, 4) is 0 Å². The molecule has 0 spiro atoms. The van der Waals surface area contributed by atoms with Gasteiger partial charge in [0.2, 0.25) is 5.91 Å². The number of aryl methyl sites for hydroxylation is 1. The monoisotopic (exact) mass is 384 g/mol. The molecule has 0 aliphatic carbocycles. The Balaban J connectivity index is 1.81. The number of nitrogens with zero attached hydrogens (tertiary/aromatic N) is 1. The average molecular weight is 384 g/mol. The SMILES string of the molecule is CCc1ccc(NC(=O)C(=O)NN=C(C)CC(=O)Nc2ccc(F)cc2)cc1. The molecule has 0 atom stereocenters. The van der Waals surface area contributed by atoms with Crippen molar-refractivity contribution >= 4 is 34.8 Å². The minimum atomic E-state index is -0.946. The van der Waals surface area contributed by atoms with Gasteiger partial charge in [0.15, 0.2) is 0 Å². The molecule has 7 nitrogen and oxygen atoms in total. The molecule has 2 aromatic carbocycles. The van der Waals surface area contributed by atoms with Crippen molar-refractivity contribution < 1.29 is 18.8 Å². The largest absolute Gasteiger partial charge is 0.329 e. The van der Waals surface area contributed by atoms with E-state index in [1.807, 2.05) is 19.1 Å². The molecule has 0 fully saturated rings. The molecule has 0 aromatic heterocycles. The van der Waals surface area contributed by atoms with Crippen LogP contribution < -0.4 is 16.1 Å². The van der Waals surface area contributed by atoms with Crippen molar-refractivity contribution in [2.75, 3.05) is 10.6 Å². The lowest BCUT2D eigenvalue weighted by Crippen LogP contribution is -2.33. The Kier molecular flexibility index (Phi) is 7.38. The molecule has 2 rings (SSSR count). The predicted octanol–water partition coefficient (Wildman–Crippen LogP) is 2.85. The number of rotatable bonds is 6. The fourth-order valence-electron chi connectivity index (χ4n) is 2.22. The van der Waals surface area contributed by atoms with Crippen LogP contribution in [0.2, 0.25) is 0 Å². The zero-order valence-corrected chi connectivity index (χ0v) is 15.6. The van der Waals surface area contributed by atoms with Crippen LogP contribution in [0.15, 0.2) is 53.6 Å². The topological polar surface area (TPSA) is 99.7 Å². The van der Waals surface area contributed by atoms with E-state index in [1.165, 1.54) is 31.2 Å². The number of nitrogens with one attached hydrogen (secondary N) is 3. The number of benzene rings is 2. The minimum Gasteiger partial charge on any atom is -0.326 e. The Hall–Kier alpha value is -3.55. The van der Waals surface area contributed by atoms with Gasteiger partial charge in [0.05, 0.1) is 6.42 Å². The number of hydrogen-bond acceptors (Lipinski definition) is 4. The summed E-state index contributed by atoms with van der Waals surface area (Å²) in [6, 6.07) is 12.4. The highest BCUT2D eigenvalue weighted by atomic mass is 19.1. The fourth-order valence-corrected chi connectivity index (χ4v) is 2.22. The highest BCUT2D eigenvalue weighted by Crippen LogP contribution is 2.10. The van der Waals surface area contributed by atoms with Crippen molar-refractivity contribution in [1.29, 1.82) is 0 Å². The van der Waals surface area contributed by atoms with E-state index in [4.69, 9.17) is 0 Å². The van der Waals surface area contributed by atoms with Crippen LogP contribution >= 0.6 is 0 Å². The second-order valence-corrected chi connectivity index (χ2v) is 6.02. The summed E-state index contributed by atoms with van der Waals surface area (Å²) in [7, 11) is 0. The number of carbonyl (C=O) groups excluding carboxylic acids is 3. The molecule has 0 aliphatic heterocycles. The first-order chi connectivity index (χ1) is 13.4. The van der Waals surface area contributed by atoms with Gasteiger partial charge in [0.25, 0.3) is 0 Å². The van der Waals surface area contributed by atoms with Gasteiger partial charge in [-0.3, -0.25) is 14.4 Å². The van der Waals surface area contributed by atoms with Crippen LogP contribution in [-0.4, -0.2) is 23.4 Å². The van der Waals surface area contributed by atoms with Crippen LogP contribution in [0.4, 0.5) is 15.8 Å². The van der Waals surface area contributed by atoms with E-state index >= 15 is 0 Å². The normalized spacial score (nSPS) is 10.9. The molecule has 146 valence electrons. The van der Waals surface area contributed by atoms with Gasteiger partial charge in [-0.2, -0.15) is 5.10 Å². The second-order valence-electron chi connectivity index (χ2n) is 6.02. The summed E-state index contributed by atoms with van der Waals surface area (Å²) in [6.07, 6.45) is 0.773. The fraction of sp³-hybridized carbons (Fsp3) is 0.200. The first-order valence-corrected chi connectivity index (χ1v) is 8.66. The van der Waals surface area contributed by atoms with Gasteiger partial charge < -0.3 is 10.6 Å². The first kappa shape index (κ1) is 20.8. The molecule has 0 radical (unpaired) electrons. The van der Waals surface area contributed by atoms with Crippen molar-refractivity contribution in [3.63, 3.8) is 0 Å². The summed E-state index contributed by atoms with van der Waals surface area (Å²) in [5.74, 6) is -2.60. The summed E-state index contributed by atoms with van der Waals surface area (Å²) < 4.78 is 12.8. The third kappa shape index (κ3) is 6.64. The molecule has 0 bridgehead atoms. The van der Waals surface area contributed by atoms with Gasteiger partial charge in [0.1, 0.15) is 5.82 Å². The number of carbonyl (C=O) groups is 3. The van der Waals surface area contributed by atoms with E-state index in [1.54, 1.807) is 12.1 Å². The van der Waals surface area contributed by atoms with Crippen molar-refractivity contribution in [2.45, 2.75) is 26.7 Å². The van der Waals surface area contributed by atoms with E-state index in [2.05, 4.69) is 21.2 Å². The molecule has 3 N–H and O–H groups in total. The molecular weight excluding hydrogens is 363 g/mol. The lowest BCUT2D eigenvalue weighted by atomic mass is 10.1. The average Bonchev–Trinajstić information content (AvgIpc) is 2.68. The summed E-state index contributed by atoms with van der Waals surface area (Å²) in [5, 5.41) is 8.78. The number of halogens is 1. The van der Waals surface area contributed by atoms with Crippen LogP contribution in [0.25, 0.3) is 0 Å². The highest BCUT2D eigenvalue weighted by molar-refractivity contribution is 6.39. The zero-order valence-electron chi connectivity index (χ0n) is 15.6. The quantitative estimate of drug-likeness (QED) is 0.406. The minimum absolute atomic E-state index is 0.0994. The van der Waals surface area contributed by atoms with Crippen molar-refractivity contribution in [2.24, 2.45) is 5.10 Å². The van der Waals surface area contributed by atoms with Crippen molar-refractivity contribution in [3.05, 3.63) is 59.9 Å². The number of amides is 3. The maximum atomic E-state index is 12.8. The van der Waals surface area contributed by atoms with E-state index in [0.29, 0.717) is 17.1 Å². The van der Waals surface area contributed by atoms with Crippen LogP contribution in [0, 0.1) is 5.82 Å². The molecule has 0 aliphatic rings. The highest BCUT2D eigenvalue weighted by Gasteiger charge is 2.13. The van der Waals surface area contributed by atoms with Gasteiger partial charge in [0, 0.05) is 17.1 Å². The Morgan fingerprint density at radius 3 is 2.07 bits per heavy atom. The molecule has 0 saturated heterocycles. The lowest BCUT2D eigenvalue weighted by molar-refractivity contribution is -0.136. The van der Waals surface area contributed by atoms with E-state index in [9.17, 15) is 18.8 Å². The standard InChI is InChI=1S/C20H21FN4O3/c1-3-14-4-8-17(9-5-14)23-19(27)20(28)25-24-13(2)12-18(26)22-16-10-6-15(21)7-11-16/h4-11H,3,12H2,1-2H3,(H,22,26)(H,23,27)(H,25,28). The van der Waals surface area contributed by atoms with Gasteiger partial charge in [-0.15, -0.1) is 0 Å². The van der Waals surface area contributed by atoms with E-state index < -0.39 is 17.6 Å². The van der Waals surface area contributed by atoms with Crippen molar-refractivity contribution in [1.82, 2.24) is 5.43 Å². The number of anilines is 2. The summed E-state index contributed by atoms with van der Waals surface area (Å²) in [4.78, 5) is 35.6. The molecule has 0 heterocycles. The summed E-state index contributed by atoms with van der Waals surface area (Å²) >= 11 is 0. The first-order valence-electron chi connectivity index (χ1n) is 8.66. The Morgan fingerprint density at radius 2 is 1.46 bits per heavy atom. The second kappa shape index (κ2) is 9.96. The molecular formula is C20H21FN4O3. The van der Waals surface area contributed by atoms with Gasteiger partial charge in [-0.25, -0.2) is 9.82 Å². The van der Waals surface area contributed by atoms with E-state index in [-0.39, 0.29) is 12.3 Å². The molecule has 28 heavy (non-hydrogen) atoms. The lowest BCUT2D eigenvalue weighted by Gasteiger charge is -2.06. The maximum Gasteiger partial charge on any atom is 0.329 e.